The summed E-state index contributed by atoms with van der Waals surface area (Å²) in [6.45, 7) is 2.44. The number of hydrogen-bond donors (Lipinski definition) is 1. The highest BCUT2D eigenvalue weighted by atomic mass is 35.5. The average Bonchev–Trinajstić information content (AvgIpc) is 2.69. The number of nitrogens with one attached hydrogen (secondary N) is 1. The molecule has 0 aliphatic heterocycles. The molecule has 1 N–H and O–H groups in total. The van der Waals surface area contributed by atoms with E-state index in [-0.39, 0.29) is 11.8 Å². The van der Waals surface area contributed by atoms with Crippen LogP contribution < -0.4 is 10.2 Å². The summed E-state index contributed by atoms with van der Waals surface area (Å²) in [6.07, 6.45) is 0. The summed E-state index contributed by atoms with van der Waals surface area (Å²) in [4.78, 5) is 27.1. The maximum atomic E-state index is 13.0. The number of rotatable bonds is 5. The summed E-state index contributed by atoms with van der Waals surface area (Å²) in [6, 6.07) is 20.9. The van der Waals surface area contributed by atoms with Gasteiger partial charge in [0, 0.05) is 39.1 Å². The molecular weight excluding hydrogens is 395 g/mol. The summed E-state index contributed by atoms with van der Waals surface area (Å²) in [5, 5.41) is 3.53. The van der Waals surface area contributed by atoms with Crippen molar-refractivity contribution in [3.63, 3.8) is 0 Å². The molecule has 0 saturated carbocycles. The summed E-state index contributed by atoms with van der Waals surface area (Å²) in [5.74, 6) is -0.500. The van der Waals surface area contributed by atoms with E-state index in [4.69, 9.17) is 23.2 Å². The molecule has 0 atom stereocenters. The largest absolute Gasteiger partial charge is 0.322 e. The molecule has 0 spiro atoms. The molecule has 4 nitrogen and oxygen atoms in total. The van der Waals surface area contributed by atoms with Crippen molar-refractivity contribution >= 4 is 46.4 Å². The fourth-order valence-corrected chi connectivity index (χ4v) is 3.35. The van der Waals surface area contributed by atoms with Gasteiger partial charge in [-0.15, -0.1) is 0 Å². The molecule has 0 bridgehead atoms. The predicted octanol–water partition coefficient (Wildman–Crippen LogP) is 5.91. The van der Waals surface area contributed by atoms with Gasteiger partial charge in [-0.2, -0.15) is 0 Å². The molecule has 3 aromatic rings. The zero-order valence-corrected chi connectivity index (χ0v) is 16.7. The highest BCUT2D eigenvalue weighted by molar-refractivity contribution is 6.35. The van der Waals surface area contributed by atoms with Crippen LogP contribution in [0, 0.1) is 0 Å². The minimum absolute atomic E-state index is 0.143. The van der Waals surface area contributed by atoms with E-state index in [0.717, 1.165) is 5.69 Å². The third-order valence-electron chi connectivity index (χ3n) is 4.12. The van der Waals surface area contributed by atoms with Crippen molar-refractivity contribution in [2.75, 3.05) is 16.8 Å². The van der Waals surface area contributed by atoms with Gasteiger partial charge in [-0.05, 0) is 55.5 Å². The molecule has 0 radical (unpaired) electrons. The number of hydrogen-bond acceptors (Lipinski definition) is 2. The zero-order valence-electron chi connectivity index (χ0n) is 15.2. The fourth-order valence-electron chi connectivity index (χ4n) is 2.83. The van der Waals surface area contributed by atoms with Crippen molar-refractivity contribution in [3.05, 3.63) is 94.0 Å². The Labute approximate surface area is 173 Å². The van der Waals surface area contributed by atoms with Gasteiger partial charge in [0.15, 0.2) is 0 Å². The molecule has 0 saturated heterocycles. The van der Waals surface area contributed by atoms with Gasteiger partial charge in [0.25, 0.3) is 11.8 Å². The number of carbonyl (C=O) groups is 2. The molecule has 3 rings (SSSR count). The van der Waals surface area contributed by atoms with Gasteiger partial charge in [0.1, 0.15) is 0 Å². The number of halogens is 2. The SMILES string of the molecule is CCN(C(=O)c1cccc(NC(=O)c2cc(Cl)cc(Cl)c2)c1)c1ccccc1. The third-order valence-corrected chi connectivity index (χ3v) is 4.56. The van der Waals surface area contributed by atoms with Crippen LogP contribution in [0.15, 0.2) is 72.8 Å². The first-order valence-corrected chi connectivity index (χ1v) is 9.48. The summed E-state index contributed by atoms with van der Waals surface area (Å²) < 4.78 is 0. The molecule has 0 unspecified atom stereocenters. The monoisotopic (exact) mass is 412 g/mol. The second kappa shape index (κ2) is 8.91. The van der Waals surface area contributed by atoms with E-state index in [1.807, 2.05) is 37.3 Å². The lowest BCUT2D eigenvalue weighted by Crippen LogP contribution is -2.30. The van der Waals surface area contributed by atoms with E-state index in [9.17, 15) is 9.59 Å². The first kappa shape index (κ1) is 19.9. The van der Waals surface area contributed by atoms with Crippen molar-refractivity contribution in [3.8, 4) is 0 Å². The van der Waals surface area contributed by atoms with Crippen LogP contribution in [0.5, 0.6) is 0 Å². The van der Waals surface area contributed by atoms with Crippen LogP contribution in [0.3, 0.4) is 0 Å². The molecule has 0 aliphatic carbocycles. The highest BCUT2D eigenvalue weighted by Gasteiger charge is 2.17. The number of para-hydroxylation sites is 1. The molecule has 28 heavy (non-hydrogen) atoms. The van der Waals surface area contributed by atoms with E-state index < -0.39 is 0 Å². The Bertz CT molecular complexity index is 986. The van der Waals surface area contributed by atoms with Crippen molar-refractivity contribution < 1.29 is 9.59 Å². The van der Waals surface area contributed by atoms with Crippen LogP contribution in [0.4, 0.5) is 11.4 Å². The maximum Gasteiger partial charge on any atom is 0.258 e. The molecule has 6 heteroatoms. The maximum absolute atomic E-state index is 13.0. The summed E-state index contributed by atoms with van der Waals surface area (Å²) in [7, 11) is 0. The Morgan fingerprint density at radius 1 is 0.857 bits per heavy atom. The van der Waals surface area contributed by atoms with E-state index in [1.165, 1.54) is 12.1 Å². The minimum atomic E-state index is -0.357. The van der Waals surface area contributed by atoms with E-state index in [0.29, 0.717) is 33.4 Å². The van der Waals surface area contributed by atoms with Crippen LogP contribution in [-0.2, 0) is 0 Å². The average molecular weight is 413 g/mol. The molecule has 0 aliphatic rings. The number of benzene rings is 3. The number of anilines is 2. The van der Waals surface area contributed by atoms with Gasteiger partial charge in [0.2, 0.25) is 0 Å². The second-order valence-electron chi connectivity index (χ2n) is 6.08. The van der Waals surface area contributed by atoms with E-state index >= 15 is 0 Å². The summed E-state index contributed by atoms with van der Waals surface area (Å²) in [5.41, 5.74) is 2.15. The normalized spacial score (nSPS) is 10.4. The Morgan fingerprint density at radius 3 is 2.18 bits per heavy atom. The van der Waals surface area contributed by atoms with Crippen molar-refractivity contribution in [1.82, 2.24) is 0 Å². The van der Waals surface area contributed by atoms with Crippen LogP contribution in [0.1, 0.15) is 27.6 Å². The van der Waals surface area contributed by atoms with Crippen LogP contribution in [0.25, 0.3) is 0 Å². The molecule has 3 aromatic carbocycles. The first-order chi connectivity index (χ1) is 13.5. The van der Waals surface area contributed by atoms with Crippen molar-refractivity contribution in [2.24, 2.45) is 0 Å². The van der Waals surface area contributed by atoms with Crippen molar-refractivity contribution in [1.29, 1.82) is 0 Å². The molecule has 0 aromatic heterocycles. The standard InChI is InChI=1S/C22H18Cl2N2O2/c1-2-26(20-9-4-3-5-10-20)22(28)15-7-6-8-19(13-15)25-21(27)16-11-17(23)14-18(24)12-16/h3-14H,2H2,1H3,(H,25,27). The summed E-state index contributed by atoms with van der Waals surface area (Å²) >= 11 is 11.9. The van der Waals surface area contributed by atoms with Gasteiger partial charge in [-0.3, -0.25) is 9.59 Å². The minimum Gasteiger partial charge on any atom is -0.322 e. The topological polar surface area (TPSA) is 49.4 Å². The molecule has 0 fully saturated rings. The van der Waals surface area contributed by atoms with Gasteiger partial charge >= 0.3 is 0 Å². The molecular formula is C22H18Cl2N2O2. The Kier molecular flexibility index (Phi) is 6.34. The molecule has 0 heterocycles. The lowest BCUT2D eigenvalue weighted by atomic mass is 10.1. The number of amides is 2. The van der Waals surface area contributed by atoms with E-state index in [1.54, 1.807) is 35.2 Å². The fraction of sp³-hybridized carbons (Fsp3) is 0.0909. The number of carbonyl (C=O) groups excluding carboxylic acids is 2. The predicted molar refractivity (Wildman–Crippen MR) is 115 cm³/mol. The lowest BCUT2D eigenvalue weighted by molar-refractivity contribution is 0.0985. The quantitative estimate of drug-likeness (QED) is 0.565. The van der Waals surface area contributed by atoms with Gasteiger partial charge in [-0.1, -0.05) is 47.5 Å². The lowest BCUT2D eigenvalue weighted by Gasteiger charge is -2.21. The highest BCUT2D eigenvalue weighted by Crippen LogP contribution is 2.22. The van der Waals surface area contributed by atoms with E-state index in [2.05, 4.69) is 5.32 Å². The zero-order chi connectivity index (χ0) is 20.1. The Balaban J connectivity index is 1.81. The van der Waals surface area contributed by atoms with Crippen LogP contribution >= 0.6 is 23.2 Å². The van der Waals surface area contributed by atoms with Gasteiger partial charge in [-0.25, -0.2) is 0 Å². The third kappa shape index (κ3) is 4.71. The number of nitrogens with zero attached hydrogens (tertiary/aromatic N) is 1. The van der Waals surface area contributed by atoms with Crippen LogP contribution in [-0.4, -0.2) is 18.4 Å². The molecule has 2 amide bonds. The molecule has 142 valence electrons. The second-order valence-corrected chi connectivity index (χ2v) is 6.95. The Morgan fingerprint density at radius 2 is 1.54 bits per heavy atom. The smallest absolute Gasteiger partial charge is 0.258 e. The van der Waals surface area contributed by atoms with Crippen molar-refractivity contribution in [2.45, 2.75) is 6.92 Å². The van der Waals surface area contributed by atoms with Gasteiger partial charge < -0.3 is 10.2 Å². The van der Waals surface area contributed by atoms with Crippen LogP contribution in [0.2, 0.25) is 10.0 Å². The van der Waals surface area contributed by atoms with Gasteiger partial charge in [0.05, 0.1) is 0 Å². The Hall–Kier alpha value is -2.82. The first-order valence-electron chi connectivity index (χ1n) is 8.72.